The molecule has 0 aliphatic heterocycles. The van der Waals surface area contributed by atoms with Crippen molar-refractivity contribution < 1.29 is 14.3 Å². The summed E-state index contributed by atoms with van der Waals surface area (Å²) in [5, 5.41) is 0.665. The number of esters is 1. The molecule has 4 rings (SSSR count). The number of carbonyl (C=O) groups is 1. The number of rotatable bonds is 7. The van der Waals surface area contributed by atoms with Gasteiger partial charge in [-0.25, -0.2) is 4.98 Å². The Morgan fingerprint density at radius 1 is 1.12 bits per heavy atom. The quantitative estimate of drug-likeness (QED) is 0.308. The van der Waals surface area contributed by atoms with Gasteiger partial charge in [0.25, 0.3) is 5.56 Å². The highest BCUT2D eigenvalue weighted by Crippen LogP contribution is 2.31. The Kier molecular flexibility index (Phi) is 6.54. The molecule has 4 aromatic rings. The first-order chi connectivity index (χ1) is 15.8. The highest BCUT2D eigenvalue weighted by Gasteiger charge is 2.23. The van der Waals surface area contributed by atoms with Crippen molar-refractivity contribution in [1.29, 1.82) is 0 Å². The Morgan fingerprint density at radius 2 is 1.82 bits per heavy atom. The minimum atomic E-state index is -0.737. The van der Waals surface area contributed by atoms with Gasteiger partial charge < -0.3 is 9.47 Å². The van der Waals surface area contributed by atoms with Gasteiger partial charge in [-0.3, -0.25) is 14.2 Å². The largest absolute Gasteiger partial charge is 0.489 e. The van der Waals surface area contributed by atoms with Gasteiger partial charge >= 0.3 is 5.97 Å². The first-order valence-corrected chi connectivity index (χ1v) is 11.7. The molecule has 0 aliphatic carbocycles. The molecular formula is C25H23ClN2O4S. The molecule has 2 heterocycles. The van der Waals surface area contributed by atoms with E-state index in [9.17, 15) is 9.59 Å². The zero-order valence-corrected chi connectivity index (χ0v) is 20.1. The van der Waals surface area contributed by atoms with Gasteiger partial charge in [-0.05, 0) is 61.9 Å². The molecule has 33 heavy (non-hydrogen) atoms. The molecule has 0 amide bonds. The second kappa shape index (κ2) is 9.37. The monoisotopic (exact) mass is 482 g/mol. The summed E-state index contributed by atoms with van der Waals surface area (Å²) in [6, 6.07) is 16.6. The number of nitrogens with zero attached hydrogens (tertiary/aromatic N) is 2. The van der Waals surface area contributed by atoms with E-state index >= 15 is 0 Å². The van der Waals surface area contributed by atoms with E-state index in [-0.39, 0.29) is 18.1 Å². The molecule has 0 N–H and O–H groups in total. The van der Waals surface area contributed by atoms with Crippen molar-refractivity contribution in [2.75, 3.05) is 6.61 Å². The molecule has 2 aromatic heterocycles. The van der Waals surface area contributed by atoms with Gasteiger partial charge in [-0.2, -0.15) is 0 Å². The van der Waals surface area contributed by atoms with Crippen LogP contribution in [0.2, 0.25) is 5.02 Å². The molecule has 2 aromatic carbocycles. The topological polar surface area (TPSA) is 70.4 Å². The summed E-state index contributed by atoms with van der Waals surface area (Å²) in [6.45, 7) is 5.57. The summed E-state index contributed by atoms with van der Waals surface area (Å²) in [5.41, 5.74) is 1.46. The van der Waals surface area contributed by atoms with Crippen molar-refractivity contribution in [3.05, 3.63) is 76.3 Å². The van der Waals surface area contributed by atoms with E-state index in [1.165, 1.54) is 22.2 Å². The van der Waals surface area contributed by atoms with Crippen molar-refractivity contribution in [1.82, 2.24) is 9.55 Å². The molecule has 0 aliphatic rings. The van der Waals surface area contributed by atoms with E-state index in [0.717, 1.165) is 10.4 Å². The van der Waals surface area contributed by atoms with Crippen LogP contribution in [0.5, 0.6) is 5.75 Å². The van der Waals surface area contributed by atoms with Crippen LogP contribution in [-0.2, 0) is 9.53 Å². The minimum absolute atomic E-state index is 0.133. The second-order valence-electron chi connectivity index (χ2n) is 8.12. The predicted octanol–water partition coefficient (Wildman–Crippen LogP) is 5.88. The number of hydrogen-bond donors (Lipinski definition) is 0. The highest BCUT2D eigenvalue weighted by atomic mass is 35.5. The summed E-state index contributed by atoms with van der Waals surface area (Å²) in [5.74, 6) is 0.344. The van der Waals surface area contributed by atoms with Crippen molar-refractivity contribution in [3.8, 4) is 21.9 Å². The number of benzene rings is 2. The van der Waals surface area contributed by atoms with Crippen LogP contribution in [-0.4, -0.2) is 27.7 Å². The van der Waals surface area contributed by atoms with Crippen LogP contribution >= 0.6 is 22.9 Å². The summed E-state index contributed by atoms with van der Waals surface area (Å²) in [7, 11) is 0. The molecule has 170 valence electrons. The fourth-order valence-electron chi connectivity index (χ4n) is 3.22. The van der Waals surface area contributed by atoms with Crippen LogP contribution in [0.1, 0.15) is 27.2 Å². The fourth-order valence-corrected chi connectivity index (χ4v) is 4.39. The van der Waals surface area contributed by atoms with Crippen LogP contribution in [0.3, 0.4) is 0 Å². The lowest BCUT2D eigenvalue weighted by Crippen LogP contribution is -2.34. The third-order valence-electron chi connectivity index (χ3n) is 4.95. The molecule has 0 spiro atoms. The number of ether oxygens (including phenoxy) is 2. The molecular weight excluding hydrogens is 460 g/mol. The Hall–Kier alpha value is -3.16. The van der Waals surface area contributed by atoms with Gasteiger partial charge in [0.15, 0.2) is 0 Å². The summed E-state index contributed by atoms with van der Waals surface area (Å²) < 4.78 is 13.3. The Bertz CT molecular complexity index is 1340. The molecule has 6 nitrogen and oxygen atoms in total. The van der Waals surface area contributed by atoms with E-state index in [0.29, 0.717) is 33.1 Å². The third-order valence-corrected chi connectivity index (χ3v) is 6.36. The maximum absolute atomic E-state index is 13.1. The first kappa shape index (κ1) is 23.0. The molecule has 0 saturated carbocycles. The molecule has 0 fully saturated rings. The van der Waals surface area contributed by atoms with Crippen molar-refractivity contribution in [2.24, 2.45) is 0 Å². The van der Waals surface area contributed by atoms with Gasteiger partial charge in [0.05, 0.1) is 11.2 Å². The van der Waals surface area contributed by atoms with Crippen molar-refractivity contribution >= 4 is 39.1 Å². The van der Waals surface area contributed by atoms with Gasteiger partial charge in [-0.15, -0.1) is 11.3 Å². The van der Waals surface area contributed by atoms with E-state index in [4.69, 9.17) is 21.1 Å². The molecule has 0 unspecified atom stereocenters. The molecule has 8 heteroatoms. The van der Waals surface area contributed by atoms with Crippen LogP contribution in [0.15, 0.2) is 65.7 Å². The number of halogens is 1. The zero-order valence-electron chi connectivity index (χ0n) is 18.5. The van der Waals surface area contributed by atoms with Gasteiger partial charge in [0.1, 0.15) is 29.0 Å². The minimum Gasteiger partial charge on any atom is -0.489 e. The lowest BCUT2D eigenvalue weighted by Gasteiger charge is -2.25. The third kappa shape index (κ3) is 5.26. The number of carbonyl (C=O) groups excluding carboxylic acids is 1. The van der Waals surface area contributed by atoms with E-state index < -0.39 is 5.60 Å². The average molecular weight is 483 g/mol. The zero-order chi connectivity index (χ0) is 23.6. The normalized spacial score (nSPS) is 11.5. The van der Waals surface area contributed by atoms with Gasteiger partial charge in [0.2, 0.25) is 0 Å². The number of aromatic nitrogens is 2. The molecule has 0 atom stereocenters. The Labute approximate surface area is 200 Å². The molecule has 0 bridgehead atoms. The van der Waals surface area contributed by atoms with Crippen LogP contribution in [0.4, 0.5) is 0 Å². The van der Waals surface area contributed by atoms with E-state index in [1.54, 1.807) is 45.0 Å². The summed E-state index contributed by atoms with van der Waals surface area (Å²) >= 11 is 7.39. The second-order valence-corrected chi connectivity index (χ2v) is 9.61. The lowest BCUT2D eigenvalue weighted by molar-refractivity contribution is -0.158. The fraction of sp³-hybridized carbons (Fsp3) is 0.240. The number of thiophene rings is 1. The Balaban J connectivity index is 1.54. The predicted molar refractivity (Wildman–Crippen MR) is 132 cm³/mol. The maximum Gasteiger partial charge on any atom is 0.306 e. The van der Waals surface area contributed by atoms with Gasteiger partial charge in [0, 0.05) is 16.3 Å². The van der Waals surface area contributed by atoms with Gasteiger partial charge in [-0.1, -0.05) is 30.7 Å². The van der Waals surface area contributed by atoms with Crippen molar-refractivity contribution in [2.45, 2.75) is 32.8 Å². The highest BCUT2D eigenvalue weighted by molar-refractivity contribution is 7.22. The number of fused-ring (bicyclic) bond motifs is 1. The SMILES string of the molecule is CCC(=O)OC(C)(C)COc1ccc(-n2cnc3cc(-c4ccc(Cl)cc4)sc3c2=O)cc1. The maximum atomic E-state index is 13.1. The standard InChI is InChI=1S/C25H23ClN2O4S/c1-4-22(29)32-25(2,3)14-31-19-11-9-18(10-12-19)28-15-27-20-13-21(33-23(20)24(28)30)16-5-7-17(26)8-6-16/h5-13,15H,4,14H2,1-3H3. The smallest absolute Gasteiger partial charge is 0.306 e. The van der Waals surface area contributed by atoms with Crippen LogP contribution in [0.25, 0.3) is 26.3 Å². The van der Waals surface area contributed by atoms with E-state index in [2.05, 4.69) is 4.98 Å². The molecule has 0 saturated heterocycles. The van der Waals surface area contributed by atoms with Crippen LogP contribution < -0.4 is 10.3 Å². The van der Waals surface area contributed by atoms with E-state index in [1.807, 2.05) is 30.3 Å². The summed E-state index contributed by atoms with van der Waals surface area (Å²) in [6.07, 6.45) is 1.85. The average Bonchev–Trinajstić information content (AvgIpc) is 3.24. The molecule has 0 radical (unpaired) electrons. The van der Waals surface area contributed by atoms with Crippen LogP contribution in [0, 0.1) is 0 Å². The summed E-state index contributed by atoms with van der Waals surface area (Å²) in [4.78, 5) is 30.1. The lowest BCUT2D eigenvalue weighted by atomic mass is 10.1. The Morgan fingerprint density at radius 3 is 2.48 bits per heavy atom. The number of hydrogen-bond acceptors (Lipinski definition) is 6. The first-order valence-electron chi connectivity index (χ1n) is 10.5. The van der Waals surface area contributed by atoms with Crippen molar-refractivity contribution in [3.63, 3.8) is 0 Å².